The number of aryl methyl sites for hydroxylation is 2. The lowest BCUT2D eigenvalue weighted by atomic mass is 10.1. The number of thiol groups is 1. The van der Waals surface area contributed by atoms with Gasteiger partial charge in [-0.05, 0) is 37.0 Å². The molecule has 0 aliphatic carbocycles. The first kappa shape index (κ1) is 12.3. The van der Waals surface area contributed by atoms with E-state index in [9.17, 15) is 4.79 Å². The molecule has 1 atom stereocenters. The summed E-state index contributed by atoms with van der Waals surface area (Å²) in [4.78, 5) is 15.2. The van der Waals surface area contributed by atoms with E-state index >= 15 is 0 Å². The molecule has 84 valence electrons. The normalized spacial score (nSPS) is 12.7. The van der Waals surface area contributed by atoms with Gasteiger partial charge in [-0.1, -0.05) is 6.92 Å². The SMILES string of the molecule is Cc1cnc(=O)n(CCC(C)CCS)c1. The maximum atomic E-state index is 11.4. The topological polar surface area (TPSA) is 34.9 Å². The molecule has 0 bridgehead atoms. The third kappa shape index (κ3) is 4.08. The highest BCUT2D eigenvalue weighted by Gasteiger charge is 2.03. The van der Waals surface area contributed by atoms with Gasteiger partial charge in [-0.25, -0.2) is 9.78 Å². The Morgan fingerprint density at radius 1 is 1.53 bits per heavy atom. The second kappa shape index (κ2) is 5.95. The lowest BCUT2D eigenvalue weighted by molar-refractivity contribution is 0.461. The van der Waals surface area contributed by atoms with Crippen molar-refractivity contribution < 1.29 is 0 Å². The molecule has 1 rings (SSSR count). The number of rotatable bonds is 5. The van der Waals surface area contributed by atoms with E-state index in [0.29, 0.717) is 5.92 Å². The average Bonchev–Trinajstić information content (AvgIpc) is 2.20. The molecule has 0 aliphatic rings. The molecule has 0 spiro atoms. The second-order valence-electron chi connectivity index (χ2n) is 4.01. The zero-order valence-corrected chi connectivity index (χ0v) is 10.2. The summed E-state index contributed by atoms with van der Waals surface area (Å²) in [6, 6.07) is 0. The van der Waals surface area contributed by atoms with Gasteiger partial charge in [-0.15, -0.1) is 0 Å². The van der Waals surface area contributed by atoms with E-state index in [1.165, 1.54) is 0 Å². The molecule has 1 heterocycles. The summed E-state index contributed by atoms with van der Waals surface area (Å²) < 4.78 is 1.68. The first-order valence-electron chi connectivity index (χ1n) is 5.27. The minimum atomic E-state index is -0.154. The molecular formula is C11H18N2OS. The van der Waals surface area contributed by atoms with Crippen LogP contribution in [0.1, 0.15) is 25.3 Å². The highest BCUT2D eigenvalue weighted by molar-refractivity contribution is 7.80. The van der Waals surface area contributed by atoms with E-state index in [2.05, 4.69) is 24.5 Å². The Hall–Kier alpha value is -0.770. The van der Waals surface area contributed by atoms with Crippen LogP contribution in [0.15, 0.2) is 17.2 Å². The van der Waals surface area contributed by atoms with E-state index in [1.54, 1.807) is 10.8 Å². The van der Waals surface area contributed by atoms with Crippen LogP contribution in [0.5, 0.6) is 0 Å². The molecule has 0 fully saturated rings. The fourth-order valence-corrected chi connectivity index (χ4v) is 1.89. The Labute approximate surface area is 96.0 Å². The standard InChI is InChI=1S/C11H18N2OS/c1-9(4-6-15)3-5-13-8-10(2)7-12-11(13)14/h7-9,15H,3-6H2,1-2H3. The average molecular weight is 226 g/mol. The Bertz CT molecular complexity index is 362. The molecule has 1 aromatic heterocycles. The van der Waals surface area contributed by atoms with Crippen molar-refractivity contribution in [1.29, 1.82) is 0 Å². The van der Waals surface area contributed by atoms with Gasteiger partial charge in [0, 0.05) is 18.9 Å². The van der Waals surface area contributed by atoms with E-state index in [1.807, 2.05) is 13.1 Å². The molecule has 0 aliphatic heterocycles. The number of nitrogens with zero attached hydrogens (tertiary/aromatic N) is 2. The maximum absolute atomic E-state index is 11.4. The van der Waals surface area contributed by atoms with Gasteiger partial charge in [0.2, 0.25) is 0 Å². The fraction of sp³-hybridized carbons (Fsp3) is 0.636. The molecule has 0 N–H and O–H groups in total. The van der Waals surface area contributed by atoms with Gasteiger partial charge >= 0.3 is 5.69 Å². The first-order chi connectivity index (χ1) is 7.13. The van der Waals surface area contributed by atoms with Crippen LogP contribution in [-0.2, 0) is 6.54 Å². The number of hydrogen-bond acceptors (Lipinski definition) is 3. The molecule has 0 saturated carbocycles. The molecule has 0 saturated heterocycles. The largest absolute Gasteiger partial charge is 0.347 e. The third-order valence-electron chi connectivity index (χ3n) is 2.47. The Balaban J connectivity index is 2.57. The first-order valence-corrected chi connectivity index (χ1v) is 5.90. The van der Waals surface area contributed by atoms with Crippen LogP contribution in [-0.4, -0.2) is 15.3 Å². The summed E-state index contributed by atoms with van der Waals surface area (Å²) in [6.45, 7) is 4.88. The quantitative estimate of drug-likeness (QED) is 0.778. The second-order valence-corrected chi connectivity index (χ2v) is 4.46. The van der Waals surface area contributed by atoms with Crippen molar-refractivity contribution >= 4 is 12.6 Å². The third-order valence-corrected chi connectivity index (χ3v) is 2.73. The molecule has 0 radical (unpaired) electrons. The smallest absolute Gasteiger partial charge is 0.299 e. The monoisotopic (exact) mass is 226 g/mol. The number of hydrogen-bond donors (Lipinski definition) is 1. The van der Waals surface area contributed by atoms with Crippen LogP contribution < -0.4 is 5.69 Å². The fourth-order valence-electron chi connectivity index (χ4n) is 1.45. The highest BCUT2D eigenvalue weighted by Crippen LogP contribution is 2.09. The summed E-state index contributed by atoms with van der Waals surface area (Å²) in [5, 5.41) is 0. The van der Waals surface area contributed by atoms with Gasteiger partial charge in [-0.3, -0.25) is 4.57 Å². The van der Waals surface area contributed by atoms with Gasteiger partial charge in [0.25, 0.3) is 0 Å². The summed E-state index contributed by atoms with van der Waals surface area (Å²) in [5.74, 6) is 1.51. The van der Waals surface area contributed by atoms with Gasteiger partial charge in [0.05, 0.1) is 0 Å². The summed E-state index contributed by atoms with van der Waals surface area (Å²) in [5.41, 5.74) is 0.870. The molecule has 1 unspecified atom stereocenters. The minimum Gasteiger partial charge on any atom is -0.299 e. The Morgan fingerprint density at radius 3 is 2.93 bits per heavy atom. The van der Waals surface area contributed by atoms with E-state index in [0.717, 1.165) is 30.7 Å². The van der Waals surface area contributed by atoms with Crippen molar-refractivity contribution in [2.75, 3.05) is 5.75 Å². The van der Waals surface area contributed by atoms with Crippen molar-refractivity contribution in [3.8, 4) is 0 Å². The van der Waals surface area contributed by atoms with Crippen molar-refractivity contribution in [1.82, 2.24) is 9.55 Å². The van der Waals surface area contributed by atoms with Gasteiger partial charge in [0.1, 0.15) is 0 Å². The summed E-state index contributed by atoms with van der Waals surface area (Å²) in [6.07, 6.45) is 5.57. The maximum Gasteiger partial charge on any atom is 0.347 e. The van der Waals surface area contributed by atoms with E-state index in [4.69, 9.17) is 0 Å². The minimum absolute atomic E-state index is 0.154. The van der Waals surface area contributed by atoms with E-state index < -0.39 is 0 Å². The molecule has 15 heavy (non-hydrogen) atoms. The molecular weight excluding hydrogens is 208 g/mol. The van der Waals surface area contributed by atoms with Crippen molar-refractivity contribution in [3.05, 3.63) is 28.4 Å². The van der Waals surface area contributed by atoms with E-state index in [-0.39, 0.29) is 5.69 Å². The zero-order chi connectivity index (χ0) is 11.3. The van der Waals surface area contributed by atoms with Gasteiger partial charge < -0.3 is 0 Å². The van der Waals surface area contributed by atoms with Crippen molar-refractivity contribution in [2.45, 2.75) is 33.2 Å². The molecule has 3 nitrogen and oxygen atoms in total. The van der Waals surface area contributed by atoms with Crippen LogP contribution in [0.3, 0.4) is 0 Å². The molecule has 0 aromatic carbocycles. The lowest BCUT2D eigenvalue weighted by Gasteiger charge is -2.10. The Morgan fingerprint density at radius 2 is 2.27 bits per heavy atom. The molecule has 1 aromatic rings. The molecule has 0 amide bonds. The van der Waals surface area contributed by atoms with Gasteiger partial charge in [0.15, 0.2) is 0 Å². The van der Waals surface area contributed by atoms with Crippen LogP contribution in [0.4, 0.5) is 0 Å². The van der Waals surface area contributed by atoms with Crippen LogP contribution in [0.25, 0.3) is 0 Å². The van der Waals surface area contributed by atoms with Gasteiger partial charge in [-0.2, -0.15) is 12.6 Å². The number of aromatic nitrogens is 2. The van der Waals surface area contributed by atoms with Crippen LogP contribution in [0, 0.1) is 12.8 Å². The summed E-state index contributed by atoms with van der Waals surface area (Å²) in [7, 11) is 0. The van der Waals surface area contributed by atoms with Crippen molar-refractivity contribution in [3.63, 3.8) is 0 Å². The predicted octanol–water partition coefficient (Wildman–Crippen LogP) is 1.90. The van der Waals surface area contributed by atoms with Crippen LogP contribution in [0.2, 0.25) is 0 Å². The van der Waals surface area contributed by atoms with Crippen LogP contribution >= 0.6 is 12.6 Å². The highest BCUT2D eigenvalue weighted by atomic mass is 32.1. The summed E-state index contributed by atoms with van der Waals surface area (Å²) >= 11 is 4.20. The van der Waals surface area contributed by atoms with Crippen molar-refractivity contribution in [2.24, 2.45) is 5.92 Å². The lowest BCUT2D eigenvalue weighted by Crippen LogP contribution is -2.23. The molecule has 4 heteroatoms. The zero-order valence-electron chi connectivity index (χ0n) is 9.31. The predicted molar refractivity (Wildman–Crippen MR) is 65.5 cm³/mol. The Kier molecular flexibility index (Phi) is 4.88.